The SMILES string of the molecule is Cc1cc(Cl)ccc1NC(=O)Nc1cn(CC=C(Cl)Cl)c(C(=O)NCCCc2cn[nH]c2C)n1. The molecule has 34 heavy (non-hydrogen) atoms. The van der Waals surface area contributed by atoms with E-state index in [1.807, 2.05) is 13.8 Å². The number of aryl methyl sites for hydroxylation is 3. The van der Waals surface area contributed by atoms with Gasteiger partial charge >= 0.3 is 6.03 Å². The van der Waals surface area contributed by atoms with Gasteiger partial charge in [-0.3, -0.25) is 15.2 Å². The van der Waals surface area contributed by atoms with Crippen LogP contribution in [0.2, 0.25) is 5.02 Å². The lowest BCUT2D eigenvalue weighted by Crippen LogP contribution is -2.28. The fourth-order valence-corrected chi connectivity index (χ4v) is 3.55. The van der Waals surface area contributed by atoms with Crippen molar-refractivity contribution in [2.45, 2.75) is 33.2 Å². The Morgan fingerprint density at radius 3 is 2.68 bits per heavy atom. The molecule has 4 N–H and O–H groups in total. The number of hydrogen-bond acceptors (Lipinski definition) is 4. The number of hydrogen-bond donors (Lipinski definition) is 4. The molecule has 0 aliphatic heterocycles. The van der Waals surface area contributed by atoms with Crippen molar-refractivity contribution in [3.63, 3.8) is 0 Å². The van der Waals surface area contributed by atoms with Crippen LogP contribution >= 0.6 is 34.8 Å². The summed E-state index contributed by atoms with van der Waals surface area (Å²) in [7, 11) is 0. The highest BCUT2D eigenvalue weighted by Gasteiger charge is 2.17. The van der Waals surface area contributed by atoms with E-state index in [1.165, 1.54) is 12.3 Å². The van der Waals surface area contributed by atoms with E-state index in [0.29, 0.717) is 17.3 Å². The average Bonchev–Trinajstić information content (AvgIpc) is 3.37. The summed E-state index contributed by atoms with van der Waals surface area (Å²) in [5.74, 6) is -0.0734. The topological polar surface area (TPSA) is 117 Å². The molecule has 1 aromatic carbocycles. The van der Waals surface area contributed by atoms with Crippen LogP contribution < -0.4 is 16.0 Å². The Kier molecular flexibility index (Phi) is 8.98. The van der Waals surface area contributed by atoms with Crippen molar-refractivity contribution in [3.05, 3.63) is 68.8 Å². The van der Waals surface area contributed by atoms with E-state index in [0.717, 1.165) is 29.7 Å². The number of H-pyrrole nitrogens is 1. The molecule has 3 rings (SSSR count). The molecule has 0 atom stereocenters. The van der Waals surface area contributed by atoms with E-state index in [-0.39, 0.29) is 28.6 Å². The number of urea groups is 1. The Balaban J connectivity index is 1.65. The van der Waals surface area contributed by atoms with Gasteiger partial charge in [-0.15, -0.1) is 0 Å². The lowest BCUT2D eigenvalue weighted by Gasteiger charge is -2.08. The van der Waals surface area contributed by atoms with Gasteiger partial charge in [0.25, 0.3) is 5.91 Å². The van der Waals surface area contributed by atoms with Crippen molar-refractivity contribution in [1.29, 1.82) is 0 Å². The Morgan fingerprint density at radius 1 is 1.21 bits per heavy atom. The molecule has 0 aliphatic rings. The Labute approximate surface area is 211 Å². The van der Waals surface area contributed by atoms with Gasteiger partial charge in [-0.25, -0.2) is 9.78 Å². The van der Waals surface area contributed by atoms with Crippen LogP contribution in [-0.2, 0) is 13.0 Å². The fraction of sp³-hybridized carbons (Fsp3) is 0.273. The molecule has 3 amide bonds. The zero-order chi connectivity index (χ0) is 24.7. The Bertz CT molecular complexity index is 1200. The molecule has 0 bridgehead atoms. The molecule has 12 heteroatoms. The van der Waals surface area contributed by atoms with Gasteiger partial charge in [0, 0.05) is 35.7 Å². The first-order valence-corrected chi connectivity index (χ1v) is 11.6. The molecule has 0 fully saturated rings. The van der Waals surface area contributed by atoms with Gasteiger partial charge in [0.05, 0.1) is 6.20 Å². The van der Waals surface area contributed by atoms with E-state index in [4.69, 9.17) is 34.8 Å². The summed E-state index contributed by atoms with van der Waals surface area (Å²) in [5, 5.41) is 15.7. The van der Waals surface area contributed by atoms with Crippen LogP contribution in [0.25, 0.3) is 0 Å². The predicted molar refractivity (Wildman–Crippen MR) is 135 cm³/mol. The van der Waals surface area contributed by atoms with Gasteiger partial charge < -0.3 is 15.2 Å². The summed E-state index contributed by atoms with van der Waals surface area (Å²) in [6, 6.07) is 4.61. The summed E-state index contributed by atoms with van der Waals surface area (Å²) < 4.78 is 1.60. The highest BCUT2D eigenvalue weighted by Crippen LogP contribution is 2.20. The number of halogens is 3. The Hall–Kier alpha value is -3.01. The van der Waals surface area contributed by atoms with Gasteiger partial charge in [-0.2, -0.15) is 5.10 Å². The monoisotopic (exact) mass is 523 g/mol. The van der Waals surface area contributed by atoms with Gasteiger partial charge in [0.2, 0.25) is 5.82 Å². The van der Waals surface area contributed by atoms with Crippen molar-refractivity contribution in [2.75, 3.05) is 17.2 Å². The highest BCUT2D eigenvalue weighted by atomic mass is 35.5. The maximum absolute atomic E-state index is 12.8. The molecule has 0 saturated heterocycles. The minimum absolute atomic E-state index is 0.0565. The second-order valence-electron chi connectivity index (χ2n) is 7.51. The number of amides is 3. The van der Waals surface area contributed by atoms with Crippen molar-refractivity contribution < 1.29 is 9.59 Å². The molecular weight excluding hydrogens is 501 g/mol. The lowest BCUT2D eigenvalue weighted by molar-refractivity contribution is 0.0939. The summed E-state index contributed by atoms with van der Waals surface area (Å²) >= 11 is 17.4. The second-order valence-corrected chi connectivity index (χ2v) is 8.96. The number of benzene rings is 1. The first kappa shape index (κ1) is 25.6. The van der Waals surface area contributed by atoms with Crippen LogP contribution in [0.5, 0.6) is 0 Å². The molecule has 0 aliphatic carbocycles. The van der Waals surface area contributed by atoms with Crippen molar-refractivity contribution in [2.24, 2.45) is 0 Å². The third-order valence-corrected chi connectivity index (χ3v) is 5.49. The number of anilines is 2. The van der Waals surface area contributed by atoms with Gasteiger partial charge in [0.1, 0.15) is 4.49 Å². The summed E-state index contributed by atoms with van der Waals surface area (Å²) in [6.07, 6.45) is 6.34. The molecule has 9 nitrogen and oxygen atoms in total. The summed E-state index contributed by atoms with van der Waals surface area (Å²) in [5.41, 5.74) is 3.52. The molecule has 3 aromatic rings. The average molecular weight is 525 g/mol. The first-order valence-electron chi connectivity index (χ1n) is 10.4. The van der Waals surface area contributed by atoms with E-state index in [1.54, 1.807) is 29.0 Å². The molecule has 2 aromatic heterocycles. The Morgan fingerprint density at radius 2 is 2.00 bits per heavy atom. The smallest absolute Gasteiger partial charge is 0.324 e. The van der Waals surface area contributed by atoms with Crippen LogP contribution in [0.4, 0.5) is 16.3 Å². The third-order valence-electron chi connectivity index (χ3n) is 4.94. The molecule has 180 valence electrons. The maximum Gasteiger partial charge on any atom is 0.324 e. The predicted octanol–water partition coefficient (Wildman–Crippen LogP) is 5.20. The fourth-order valence-electron chi connectivity index (χ4n) is 3.19. The number of carbonyl (C=O) groups is 2. The second kappa shape index (κ2) is 11.9. The number of aromatic nitrogens is 4. The number of allylic oxidation sites excluding steroid dienone is 1. The zero-order valence-corrected chi connectivity index (χ0v) is 20.9. The number of nitrogens with one attached hydrogen (secondary N) is 4. The van der Waals surface area contributed by atoms with Crippen molar-refractivity contribution in [3.8, 4) is 0 Å². The summed E-state index contributed by atoms with van der Waals surface area (Å²) in [6.45, 7) is 4.42. The molecule has 0 spiro atoms. The molecular formula is C22H24Cl3N7O2. The van der Waals surface area contributed by atoms with Crippen LogP contribution in [0.1, 0.15) is 33.9 Å². The third kappa shape index (κ3) is 7.24. The van der Waals surface area contributed by atoms with Crippen molar-refractivity contribution in [1.82, 2.24) is 25.1 Å². The van der Waals surface area contributed by atoms with E-state index >= 15 is 0 Å². The number of imidazole rings is 1. The zero-order valence-electron chi connectivity index (χ0n) is 18.6. The van der Waals surface area contributed by atoms with E-state index in [2.05, 4.69) is 31.1 Å². The number of aromatic amines is 1. The molecule has 0 saturated carbocycles. The van der Waals surface area contributed by atoms with Gasteiger partial charge in [-0.05, 0) is 62.1 Å². The van der Waals surface area contributed by atoms with E-state index < -0.39 is 6.03 Å². The maximum atomic E-state index is 12.8. The van der Waals surface area contributed by atoms with Crippen molar-refractivity contribution >= 4 is 58.2 Å². The highest BCUT2D eigenvalue weighted by molar-refractivity contribution is 6.55. The minimum Gasteiger partial charge on any atom is -0.349 e. The van der Waals surface area contributed by atoms with Crippen LogP contribution in [0.15, 0.2) is 41.2 Å². The van der Waals surface area contributed by atoms with Crippen LogP contribution in [0, 0.1) is 13.8 Å². The van der Waals surface area contributed by atoms with Crippen LogP contribution in [0.3, 0.4) is 0 Å². The number of carbonyl (C=O) groups excluding carboxylic acids is 2. The van der Waals surface area contributed by atoms with E-state index in [9.17, 15) is 9.59 Å². The largest absolute Gasteiger partial charge is 0.349 e. The summed E-state index contributed by atoms with van der Waals surface area (Å²) in [4.78, 5) is 29.5. The number of rotatable bonds is 9. The molecule has 0 radical (unpaired) electrons. The van der Waals surface area contributed by atoms with Crippen LogP contribution in [-0.4, -0.2) is 38.2 Å². The number of nitrogens with zero attached hydrogens (tertiary/aromatic N) is 3. The molecule has 2 heterocycles. The standard InChI is InChI=1S/C22H24Cl3N7O2/c1-13-10-16(23)5-6-17(13)28-22(34)30-19-12-32(9-7-18(24)25)20(29-19)21(33)26-8-3-4-15-11-27-31-14(15)2/h5-7,10-12H,3-4,8-9H2,1-2H3,(H,26,33)(H,27,31)(H2,28,30,34). The lowest BCUT2D eigenvalue weighted by atomic mass is 10.1. The molecule has 0 unspecified atom stereocenters. The first-order chi connectivity index (χ1) is 16.2. The minimum atomic E-state index is -0.511. The normalized spacial score (nSPS) is 10.6. The van der Waals surface area contributed by atoms with Gasteiger partial charge in [0.15, 0.2) is 5.82 Å². The quantitative estimate of drug-likeness (QED) is 0.288. The van der Waals surface area contributed by atoms with Gasteiger partial charge in [-0.1, -0.05) is 34.8 Å².